The monoisotopic (exact) mass is 1540 g/mol. The van der Waals surface area contributed by atoms with Crippen LogP contribution in [0.1, 0.15) is 57.0 Å². The largest absolute Gasteiger partial charge is 0.497 e. The zero-order valence-corrected chi connectivity index (χ0v) is 63.7. The van der Waals surface area contributed by atoms with Crippen molar-refractivity contribution in [2.24, 2.45) is 0 Å². The Balaban J connectivity index is 0.956. The van der Waals surface area contributed by atoms with Crippen molar-refractivity contribution < 1.29 is 93.5 Å². The van der Waals surface area contributed by atoms with Gasteiger partial charge in [-0.15, -0.1) is 0 Å². The number of hydrogen-bond donors (Lipinski definition) is 1. The molecule has 10 aromatic rings. The third-order valence-corrected chi connectivity index (χ3v) is 20.8. The van der Waals surface area contributed by atoms with Crippen LogP contribution in [0, 0.1) is 0 Å². The van der Waals surface area contributed by atoms with E-state index < -0.39 is 107 Å². The van der Waals surface area contributed by atoms with E-state index >= 15 is 8.42 Å². The lowest BCUT2D eigenvalue weighted by Gasteiger charge is -2.55. The van der Waals surface area contributed by atoms with Crippen LogP contribution in [0.25, 0.3) is 0 Å². The molecule has 0 aromatic heterocycles. The lowest BCUT2D eigenvalue weighted by atomic mass is 9.90. The van der Waals surface area contributed by atoms with Gasteiger partial charge in [0.15, 0.2) is 6.29 Å². The second-order valence-electron chi connectivity index (χ2n) is 27.7. The molecule has 10 aromatic carbocycles. The van der Waals surface area contributed by atoms with Gasteiger partial charge < -0.3 is 80.9 Å². The Kier molecular flexibility index (Phi) is 30.3. The third kappa shape index (κ3) is 23.2. The van der Waals surface area contributed by atoms with Gasteiger partial charge in [-0.3, -0.25) is 4.18 Å². The quantitative estimate of drug-likeness (QED) is 0.0353. The van der Waals surface area contributed by atoms with E-state index in [2.05, 4.69) is 0 Å². The van der Waals surface area contributed by atoms with Gasteiger partial charge in [-0.1, -0.05) is 273 Å². The molecule has 15 atom stereocenters. The Morgan fingerprint density at radius 1 is 0.348 bits per heavy atom. The summed E-state index contributed by atoms with van der Waals surface area (Å²) >= 11 is 0. The van der Waals surface area contributed by atoms with Crippen LogP contribution >= 0.6 is 0 Å². The minimum atomic E-state index is -4.75. The molecule has 0 saturated carbocycles. The first-order chi connectivity index (χ1) is 55.0. The average Bonchev–Trinajstić information content (AvgIpc) is 0.734. The minimum Gasteiger partial charge on any atom is -0.497 e. The van der Waals surface area contributed by atoms with Crippen LogP contribution in [0.15, 0.2) is 297 Å². The Morgan fingerprint density at radius 2 is 0.679 bits per heavy atom. The lowest BCUT2D eigenvalue weighted by molar-refractivity contribution is -0.416. The first-order valence-electron chi connectivity index (χ1n) is 38.0. The average molecular weight is 1540 g/mol. The number of rotatable bonds is 41. The fourth-order valence-electron chi connectivity index (χ4n) is 13.9. The molecule has 588 valence electrons. The van der Waals surface area contributed by atoms with Crippen molar-refractivity contribution >= 4 is 10.1 Å². The van der Waals surface area contributed by atoms with Crippen LogP contribution < -0.4 is 9.47 Å². The fraction of sp³-hybridized carbons (Fsp3) is 0.341. The van der Waals surface area contributed by atoms with E-state index in [0.29, 0.717) is 11.5 Å². The standard InChI is InChI=1S/C91H98O20S/c1-3-105-112(93,94)65-91(88(104-61-74-47-29-12-30-48-74)86(102-59-72-43-25-10-26-44-72)82(99-56-69-37-19-7-20-38-69)79(110-91)64-98-55-68-35-17-6-18-36-68)111-81-77(62-96-53-66-31-13-4-14-32-66)107-89(84(80(81)92)100-57-70-39-21-8-22-40-70)109-83-78(63-97-54-67-33-15-5-16-34-67)108-90(106-76-51-49-75(95-2)50-52-76)87(103-60-73-45-27-11-28-46-73)85(83)101-58-71-41-23-9-24-42-71/h4-52,77-90,92H,3,53-65H2,1-2H3/t77-,78-,79-,80+,81+,82-,83-,84-,85+,86+,87-,88-,89+,90-,91-/m1/s1. The van der Waals surface area contributed by atoms with Crippen LogP contribution in [-0.2, 0) is 140 Å². The maximum absolute atomic E-state index is 15.3. The fourth-order valence-corrected chi connectivity index (χ4v) is 15.2. The summed E-state index contributed by atoms with van der Waals surface area (Å²) in [6, 6.07) is 93.6. The molecular formula is C91H98O20S. The summed E-state index contributed by atoms with van der Waals surface area (Å²) in [4.78, 5) is 0. The molecule has 20 nitrogen and oxygen atoms in total. The molecule has 1 N–H and O–H groups in total. The van der Waals surface area contributed by atoms with E-state index in [0.717, 1.165) is 50.1 Å². The SMILES string of the molecule is CCOS(=O)(=O)C[C@]1(O[C@@H]2[C@H](O)[C@@H](OCc3ccccc3)[C@H](O[C@H]3[C@H](OCc4ccccc4)[C@@H](OCc4ccccc4)[C@H](Oc4ccc(OC)cc4)O[C@@H]3COCc3ccccc3)O[C@@H]2COCc2ccccc2)O[C@H](COCc2ccccc2)[C@@H](OCc2ccccc2)[C@H](OCc2ccccc2)[C@H]1OCc1ccccc1. The number of ether oxygens (including phenoxy) is 16. The van der Waals surface area contributed by atoms with Crippen molar-refractivity contribution in [1.29, 1.82) is 0 Å². The molecular weight excluding hydrogens is 1450 g/mol. The third-order valence-electron chi connectivity index (χ3n) is 19.5. The maximum Gasteiger partial charge on any atom is 0.272 e. The van der Waals surface area contributed by atoms with Crippen molar-refractivity contribution in [2.45, 2.75) is 158 Å². The topological polar surface area (TPSA) is 211 Å². The van der Waals surface area contributed by atoms with E-state index in [9.17, 15) is 5.11 Å². The van der Waals surface area contributed by atoms with E-state index in [1.807, 2.05) is 273 Å². The van der Waals surface area contributed by atoms with Crippen LogP contribution in [0.3, 0.4) is 0 Å². The van der Waals surface area contributed by atoms with E-state index in [-0.39, 0.29) is 85.9 Å². The molecule has 112 heavy (non-hydrogen) atoms. The van der Waals surface area contributed by atoms with Crippen LogP contribution in [0.4, 0.5) is 0 Å². The molecule has 13 rings (SSSR count). The Labute approximate surface area is 656 Å². The molecule has 21 heteroatoms. The van der Waals surface area contributed by atoms with Crippen molar-refractivity contribution in [1.82, 2.24) is 0 Å². The van der Waals surface area contributed by atoms with Gasteiger partial charge in [0.25, 0.3) is 10.1 Å². The first kappa shape index (κ1) is 81.1. The van der Waals surface area contributed by atoms with Crippen molar-refractivity contribution in [3.05, 3.63) is 347 Å². The van der Waals surface area contributed by atoms with Gasteiger partial charge in [-0.2, -0.15) is 8.42 Å². The van der Waals surface area contributed by atoms with E-state index in [1.54, 1.807) is 38.3 Å². The summed E-state index contributed by atoms with van der Waals surface area (Å²) in [6.07, 6.45) is -18.8. The van der Waals surface area contributed by atoms with Gasteiger partial charge in [-0.05, 0) is 81.3 Å². The van der Waals surface area contributed by atoms with Crippen molar-refractivity contribution in [2.75, 3.05) is 39.3 Å². The molecule has 0 aliphatic carbocycles. The van der Waals surface area contributed by atoms with E-state index in [4.69, 9.17) is 80.0 Å². The first-order valence-corrected chi connectivity index (χ1v) is 39.6. The van der Waals surface area contributed by atoms with Gasteiger partial charge in [0.05, 0.1) is 93.0 Å². The second-order valence-corrected chi connectivity index (χ2v) is 29.3. The molecule has 3 aliphatic heterocycles. The summed E-state index contributed by atoms with van der Waals surface area (Å²) < 4.78 is 150. The Bertz CT molecular complexity index is 4400. The maximum atomic E-state index is 15.3. The molecule has 0 unspecified atom stereocenters. The number of aliphatic hydroxyl groups excluding tert-OH is 1. The highest BCUT2D eigenvalue weighted by atomic mass is 32.2. The predicted molar refractivity (Wildman–Crippen MR) is 418 cm³/mol. The van der Waals surface area contributed by atoms with Crippen LogP contribution in [0.2, 0.25) is 0 Å². The predicted octanol–water partition coefficient (Wildman–Crippen LogP) is 14.3. The molecule has 0 radical (unpaired) electrons. The van der Waals surface area contributed by atoms with Gasteiger partial charge >= 0.3 is 0 Å². The Hall–Kier alpha value is -8.89. The molecule has 3 heterocycles. The summed E-state index contributed by atoms with van der Waals surface area (Å²) in [5.41, 5.74) is 7.34. The van der Waals surface area contributed by atoms with Crippen LogP contribution in [-0.4, -0.2) is 144 Å². The van der Waals surface area contributed by atoms with E-state index in [1.165, 1.54) is 0 Å². The normalized spacial score (nSPS) is 24.6. The van der Waals surface area contributed by atoms with Gasteiger partial charge in [-0.25, -0.2) is 0 Å². The van der Waals surface area contributed by atoms with Gasteiger partial charge in [0, 0.05) is 0 Å². The minimum absolute atomic E-state index is 0.0148. The Morgan fingerprint density at radius 3 is 1.08 bits per heavy atom. The number of benzene rings is 10. The number of aliphatic hydroxyl groups is 1. The smallest absolute Gasteiger partial charge is 0.272 e. The number of methoxy groups -OCH3 is 1. The zero-order valence-electron chi connectivity index (χ0n) is 62.9. The zero-order chi connectivity index (χ0) is 77.0. The summed E-state index contributed by atoms with van der Waals surface area (Å²) in [6.45, 7) is 1.02. The molecule has 3 fully saturated rings. The lowest BCUT2D eigenvalue weighted by Crippen LogP contribution is -2.73. The molecule has 0 bridgehead atoms. The summed E-state index contributed by atoms with van der Waals surface area (Å²) in [7, 11) is -3.15. The van der Waals surface area contributed by atoms with Crippen LogP contribution in [0.5, 0.6) is 11.5 Å². The molecule has 0 spiro atoms. The molecule has 0 amide bonds. The molecule has 3 saturated heterocycles. The van der Waals surface area contributed by atoms with Crippen molar-refractivity contribution in [3.8, 4) is 11.5 Å². The highest BCUT2D eigenvalue weighted by Crippen LogP contribution is 2.44. The molecule has 3 aliphatic rings. The highest BCUT2D eigenvalue weighted by Gasteiger charge is 2.64. The van der Waals surface area contributed by atoms with Crippen molar-refractivity contribution in [3.63, 3.8) is 0 Å². The number of hydrogen-bond acceptors (Lipinski definition) is 20. The second kappa shape index (κ2) is 41.8. The summed E-state index contributed by atoms with van der Waals surface area (Å²) in [5, 5.41) is 14.2. The highest BCUT2D eigenvalue weighted by molar-refractivity contribution is 7.86. The summed E-state index contributed by atoms with van der Waals surface area (Å²) in [5.74, 6) is -2.52. The van der Waals surface area contributed by atoms with Gasteiger partial charge in [0.1, 0.15) is 90.5 Å². The van der Waals surface area contributed by atoms with Gasteiger partial charge in [0.2, 0.25) is 12.1 Å².